The highest BCUT2D eigenvalue weighted by molar-refractivity contribution is 5.75. The first kappa shape index (κ1) is 8.23. The molecular formula is C10H15N3. The molecule has 1 aromatic carbocycles. The highest BCUT2D eigenvalue weighted by Gasteiger charge is 2.23. The van der Waals surface area contributed by atoms with Crippen LogP contribution in [0.5, 0.6) is 0 Å². The second kappa shape index (κ2) is 2.55. The first-order valence-corrected chi connectivity index (χ1v) is 4.48. The van der Waals surface area contributed by atoms with Gasteiger partial charge in [0, 0.05) is 17.8 Å². The molecule has 0 atom stereocenters. The van der Waals surface area contributed by atoms with Crippen LogP contribution >= 0.6 is 0 Å². The van der Waals surface area contributed by atoms with E-state index < -0.39 is 0 Å². The normalized spacial score (nSPS) is 18.3. The van der Waals surface area contributed by atoms with Crippen LogP contribution in [-0.2, 0) is 0 Å². The number of nitrogen functional groups attached to an aromatic ring is 1. The van der Waals surface area contributed by atoms with E-state index in [1.54, 1.807) is 0 Å². The molecule has 0 saturated carbocycles. The SMILES string of the molecule is CC1(C)CNc2cc(N)ccc2N1. The predicted octanol–water partition coefficient (Wildman–Crippen LogP) is 1.88. The lowest BCUT2D eigenvalue weighted by atomic mass is 10.0. The summed E-state index contributed by atoms with van der Waals surface area (Å²) in [5, 5.41) is 6.80. The molecule has 1 aliphatic rings. The Hall–Kier alpha value is -1.38. The largest absolute Gasteiger partial charge is 0.399 e. The summed E-state index contributed by atoms with van der Waals surface area (Å²) in [4.78, 5) is 0. The summed E-state index contributed by atoms with van der Waals surface area (Å²) < 4.78 is 0. The van der Waals surface area contributed by atoms with Crippen LogP contribution in [0.25, 0.3) is 0 Å². The van der Waals surface area contributed by atoms with Gasteiger partial charge in [0.15, 0.2) is 0 Å². The van der Waals surface area contributed by atoms with E-state index in [0.717, 1.165) is 23.6 Å². The number of nitrogens with one attached hydrogen (secondary N) is 2. The van der Waals surface area contributed by atoms with E-state index >= 15 is 0 Å². The average Bonchev–Trinajstić information content (AvgIpc) is 2.05. The monoisotopic (exact) mass is 177 g/mol. The average molecular weight is 177 g/mol. The molecule has 0 bridgehead atoms. The smallest absolute Gasteiger partial charge is 0.0597 e. The van der Waals surface area contributed by atoms with Crippen LogP contribution in [0, 0.1) is 0 Å². The minimum absolute atomic E-state index is 0.114. The topological polar surface area (TPSA) is 50.1 Å². The molecule has 4 N–H and O–H groups in total. The van der Waals surface area contributed by atoms with Crippen LogP contribution in [-0.4, -0.2) is 12.1 Å². The molecule has 0 unspecified atom stereocenters. The van der Waals surface area contributed by atoms with Gasteiger partial charge < -0.3 is 16.4 Å². The minimum Gasteiger partial charge on any atom is -0.399 e. The predicted molar refractivity (Wildman–Crippen MR) is 57.0 cm³/mol. The molecule has 0 amide bonds. The van der Waals surface area contributed by atoms with Crippen molar-refractivity contribution >= 4 is 17.1 Å². The van der Waals surface area contributed by atoms with Gasteiger partial charge in [-0.15, -0.1) is 0 Å². The quantitative estimate of drug-likeness (QED) is 0.530. The zero-order chi connectivity index (χ0) is 9.47. The third-order valence-corrected chi connectivity index (χ3v) is 2.24. The van der Waals surface area contributed by atoms with Gasteiger partial charge in [-0.25, -0.2) is 0 Å². The van der Waals surface area contributed by atoms with Crippen molar-refractivity contribution in [2.45, 2.75) is 19.4 Å². The van der Waals surface area contributed by atoms with Crippen molar-refractivity contribution < 1.29 is 0 Å². The molecule has 3 heteroatoms. The van der Waals surface area contributed by atoms with Crippen molar-refractivity contribution in [1.82, 2.24) is 0 Å². The first-order chi connectivity index (χ1) is 6.07. The van der Waals surface area contributed by atoms with E-state index in [2.05, 4.69) is 24.5 Å². The van der Waals surface area contributed by atoms with Crippen LogP contribution in [0.1, 0.15) is 13.8 Å². The number of benzene rings is 1. The Bertz CT molecular complexity index is 331. The van der Waals surface area contributed by atoms with Crippen LogP contribution in [0.15, 0.2) is 18.2 Å². The minimum atomic E-state index is 0.114. The Balaban J connectivity index is 2.37. The molecule has 2 rings (SSSR count). The van der Waals surface area contributed by atoms with Crippen molar-refractivity contribution in [2.24, 2.45) is 0 Å². The van der Waals surface area contributed by atoms with E-state index in [0.29, 0.717) is 0 Å². The summed E-state index contributed by atoms with van der Waals surface area (Å²) in [6.45, 7) is 5.25. The van der Waals surface area contributed by atoms with Gasteiger partial charge in [-0.1, -0.05) is 0 Å². The van der Waals surface area contributed by atoms with Crippen molar-refractivity contribution in [1.29, 1.82) is 0 Å². The fourth-order valence-electron chi connectivity index (χ4n) is 1.54. The summed E-state index contributed by atoms with van der Waals surface area (Å²) in [5.74, 6) is 0. The number of hydrogen-bond donors (Lipinski definition) is 3. The molecule has 3 nitrogen and oxygen atoms in total. The maximum absolute atomic E-state index is 5.68. The maximum Gasteiger partial charge on any atom is 0.0597 e. The highest BCUT2D eigenvalue weighted by atomic mass is 15.1. The molecular weight excluding hydrogens is 162 g/mol. The van der Waals surface area contributed by atoms with Gasteiger partial charge in [-0.3, -0.25) is 0 Å². The van der Waals surface area contributed by atoms with Gasteiger partial charge in [0.05, 0.1) is 11.4 Å². The Labute approximate surface area is 78.3 Å². The van der Waals surface area contributed by atoms with Gasteiger partial charge in [0.2, 0.25) is 0 Å². The molecule has 1 aromatic rings. The van der Waals surface area contributed by atoms with Gasteiger partial charge >= 0.3 is 0 Å². The molecule has 0 fully saturated rings. The third kappa shape index (κ3) is 1.54. The van der Waals surface area contributed by atoms with E-state index in [1.807, 2.05) is 18.2 Å². The zero-order valence-corrected chi connectivity index (χ0v) is 8.02. The van der Waals surface area contributed by atoms with Crippen molar-refractivity contribution in [2.75, 3.05) is 22.9 Å². The molecule has 0 aliphatic carbocycles. The Morgan fingerprint density at radius 1 is 1.31 bits per heavy atom. The number of hydrogen-bond acceptors (Lipinski definition) is 3. The molecule has 70 valence electrons. The molecule has 0 radical (unpaired) electrons. The van der Waals surface area contributed by atoms with Crippen molar-refractivity contribution in [3.8, 4) is 0 Å². The van der Waals surface area contributed by atoms with Crippen molar-refractivity contribution in [3.63, 3.8) is 0 Å². The second-order valence-corrected chi connectivity index (χ2v) is 4.17. The number of fused-ring (bicyclic) bond motifs is 1. The maximum atomic E-state index is 5.68. The standard InChI is InChI=1S/C10H15N3/c1-10(2)6-12-9-5-7(11)3-4-8(9)13-10/h3-5,12-13H,6,11H2,1-2H3. The van der Waals surface area contributed by atoms with Gasteiger partial charge in [-0.05, 0) is 32.0 Å². The van der Waals surface area contributed by atoms with Gasteiger partial charge in [0.25, 0.3) is 0 Å². The summed E-state index contributed by atoms with van der Waals surface area (Å²) in [6.07, 6.45) is 0. The van der Waals surface area contributed by atoms with Gasteiger partial charge in [-0.2, -0.15) is 0 Å². The number of nitrogens with two attached hydrogens (primary N) is 1. The Kier molecular flexibility index (Phi) is 1.62. The lowest BCUT2D eigenvalue weighted by Crippen LogP contribution is -2.42. The summed E-state index contributed by atoms with van der Waals surface area (Å²) in [7, 11) is 0. The van der Waals surface area contributed by atoms with E-state index in [-0.39, 0.29) is 5.54 Å². The van der Waals surface area contributed by atoms with Crippen LogP contribution in [0.4, 0.5) is 17.1 Å². The van der Waals surface area contributed by atoms with E-state index in [9.17, 15) is 0 Å². The van der Waals surface area contributed by atoms with Crippen molar-refractivity contribution in [3.05, 3.63) is 18.2 Å². The number of rotatable bonds is 0. The Morgan fingerprint density at radius 3 is 2.85 bits per heavy atom. The van der Waals surface area contributed by atoms with E-state index in [1.165, 1.54) is 0 Å². The molecule has 1 aliphatic heterocycles. The fourth-order valence-corrected chi connectivity index (χ4v) is 1.54. The summed E-state index contributed by atoms with van der Waals surface area (Å²) in [6, 6.07) is 5.88. The summed E-state index contributed by atoms with van der Waals surface area (Å²) in [5.41, 5.74) is 8.82. The second-order valence-electron chi connectivity index (χ2n) is 4.17. The molecule has 0 spiro atoms. The zero-order valence-electron chi connectivity index (χ0n) is 8.02. The molecule has 1 heterocycles. The molecule has 13 heavy (non-hydrogen) atoms. The first-order valence-electron chi connectivity index (χ1n) is 4.48. The third-order valence-electron chi connectivity index (χ3n) is 2.24. The fraction of sp³-hybridized carbons (Fsp3) is 0.400. The van der Waals surface area contributed by atoms with Crippen LogP contribution < -0.4 is 16.4 Å². The van der Waals surface area contributed by atoms with Crippen LogP contribution in [0.2, 0.25) is 0 Å². The van der Waals surface area contributed by atoms with Crippen LogP contribution in [0.3, 0.4) is 0 Å². The number of anilines is 3. The molecule has 0 saturated heterocycles. The lowest BCUT2D eigenvalue weighted by Gasteiger charge is -2.34. The highest BCUT2D eigenvalue weighted by Crippen LogP contribution is 2.31. The Morgan fingerprint density at radius 2 is 2.08 bits per heavy atom. The summed E-state index contributed by atoms with van der Waals surface area (Å²) >= 11 is 0. The molecule has 0 aromatic heterocycles. The van der Waals surface area contributed by atoms with Gasteiger partial charge in [0.1, 0.15) is 0 Å². The lowest BCUT2D eigenvalue weighted by molar-refractivity contribution is 0.589. The van der Waals surface area contributed by atoms with E-state index in [4.69, 9.17) is 5.73 Å².